The summed E-state index contributed by atoms with van der Waals surface area (Å²) >= 11 is 0. The highest BCUT2D eigenvalue weighted by Crippen LogP contribution is 2.63. The largest absolute Gasteiger partial charge is 0.497 e. The minimum absolute atomic E-state index is 0.0302. The number of methoxy groups -OCH3 is 1. The summed E-state index contributed by atoms with van der Waals surface area (Å²) in [7, 11) is 1.64. The van der Waals surface area contributed by atoms with Crippen molar-refractivity contribution in [1.29, 1.82) is 5.26 Å². The maximum Gasteiger partial charge on any atom is 0.321 e. The van der Waals surface area contributed by atoms with Crippen molar-refractivity contribution in [2.75, 3.05) is 32.1 Å². The fourth-order valence-electron chi connectivity index (χ4n) is 6.46. The van der Waals surface area contributed by atoms with Gasteiger partial charge < -0.3 is 15.0 Å². The Balaban J connectivity index is 1.43. The molecule has 0 aromatic heterocycles. The Morgan fingerprint density at radius 2 is 1.95 bits per heavy atom. The molecule has 0 spiro atoms. The molecule has 0 radical (unpaired) electrons. The number of hydrogen-bond donors (Lipinski definition) is 1. The van der Waals surface area contributed by atoms with Gasteiger partial charge in [-0.15, -0.1) is 0 Å². The topological polar surface area (TPSA) is 68.6 Å². The Morgan fingerprint density at radius 1 is 1.18 bits per heavy atom. The average Bonchev–Trinajstić information content (AvgIpc) is 3.67. The molecule has 4 atom stereocenters. The van der Waals surface area contributed by atoms with E-state index in [-0.39, 0.29) is 11.4 Å². The van der Waals surface area contributed by atoms with Crippen molar-refractivity contribution >= 4 is 11.7 Å². The molecule has 0 aliphatic heterocycles. The number of urea groups is 1. The minimum Gasteiger partial charge on any atom is -0.497 e. The van der Waals surface area contributed by atoms with Gasteiger partial charge in [0.1, 0.15) is 5.75 Å². The highest BCUT2D eigenvalue weighted by Gasteiger charge is 2.57. The van der Waals surface area contributed by atoms with E-state index in [1.807, 2.05) is 41.3 Å². The van der Waals surface area contributed by atoms with Crippen LogP contribution in [0.1, 0.15) is 70.9 Å². The second kappa shape index (κ2) is 12.2. The van der Waals surface area contributed by atoms with E-state index in [0.717, 1.165) is 55.8 Å². The van der Waals surface area contributed by atoms with E-state index in [1.54, 1.807) is 7.11 Å². The van der Waals surface area contributed by atoms with Crippen molar-refractivity contribution in [3.05, 3.63) is 59.7 Å². The van der Waals surface area contributed by atoms with Gasteiger partial charge in [0.15, 0.2) is 0 Å². The van der Waals surface area contributed by atoms with Crippen LogP contribution in [-0.2, 0) is 5.41 Å². The predicted octanol–water partition coefficient (Wildman–Crippen LogP) is 6.67. The van der Waals surface area contributed by atoms with Crippen LogP contribution in [0, 0.1) is 23.2 Å². The van der Waals surface area contributed by atoms with Gasteiger partial charge in [-0.2, -0.15) is 5.26 Å². The summed E-state index contributed by atoms with van der Waals surface area (Å²) in [4.78, 5) is 18.1. The highest BCUT2D eigenvalue weighted by molar-refractivity contribution is 5.89. The van der Waals surface area contributed by atoms with E-state index < -0.39 is 0 Å². The van der Waals surface area contributed by atoms with Gasteiger partial charge in [-0.3, -0.25) is 4.90 Å². The van der Waals surface area contributed by atoms with Crippen LogP contribution in [-0.4, -0.2) is 54.7 Å². The first-order valence-corrected chi connectivity index (χ1v) is 14.3. The van der Waals surface area contributed by atoms with Crippen LogP contribution in [0.3, 0.4) is 0 Å². The van der Waals surface area contributed by atoms with Crippen LogP contribution < -0.4 is 10.1 Å². The zero-order valence-electron chi connectivity index (χ0n) is 23.7. The normalized spacial score (nSPS) is 22.9. The van der Waals surface area contributed by atoms with Gasteiger partial charge in [0, 0.05) is 37.4 Å². The van der Waals surface area contributed by atoms with Crippen molar-refractivity contribution < 1.29 is 9.53 Å². The van der Waals surface area contributed by atoms with E-state index >= 15 is 0 Å². The maximum absolute atomic E-state index is 13.5. The molecule has 2 amide bonds. The van der Waals surface area contributed by atoms with E-state index in [4.69, 9.17) is 4.74 Å². The molecule has 204 valence electrons. The molecule has 0 saturated heterocycles. The molecule has 2 aliphatic rings. The fourth-order valence-corrected chi connectivity index (χ4v) is 6.46. The first kappa shape index (κ1) is 28.0. The number of fused-ring (bicyclic) bond motifs is 1. The van der Waals surface area contributed by atoms with E-state index in [9.17, 15) is 10.1 Å². The molecule has 4 rings (SSSR count). The Morgan fingerprint density at radius 3 is 2.58 bits per heavy atom. The first-order chi connectivity index (χ1) is 18.3. The number of benzene rings is 2. The van der Waals surface area contributed by atoms with Crippen molar-refractivity contribution in [1.82, 2.24) is 9.80 Å². The fraction of sp³-hybridized carbons (Fsp3) is 0.562. The van der Waals surface area contributed by atoms with Crippen LogP contribution >= 0.6 is 0 Å². The molecule has 0 heterocycles. The van der Waals surface area contributed by atoms with Crippen LogP contribution in [0.2, 0.25) is 0 Å². The molecule has 2 aromatic carbocycles. The van der Waals surface area contributed by atoms with Crippen molar-refractivity contribution in [2.45, 2.75) is 77.3 Å². The number of carbonyl (C=O) groups is 1. The van der Waals surface area contributed by atoms with Crippen LogP contribution in [0.15, 0.2) is 48.5 Å². The Hall–Kier alpha value is -3.04. The molecule has 1 N–H and O–H groups in total. The molecule has 0 bridgehead atoms. The predicted molar refractivity (Wildman–Crippen MR) is 153 cm³/mol. The molecular formula is C32H44N4O2. The lowest BCUT2D eigenvalue weighted by Gasteiger charge is -2.36. The van der Waals surface area contributed by atoms with Crippen molar-refractivity contribution in [2.24, 2.45) is 11.8 Å². The molecule has 2 aliphatic carbocycles. The smallest absolute Gasteiger partial charge is 0.321 e. The molecule has 2 fully saturated rings. The molecule has 38 heavy (non-hydrogen) atoms. The summed E-state index contributed by atoms with van der Waals surface area (Å²) in [6.45, 7) is 11.3. The van der Waals surface area contributed by atoms with Gasteiger partial charge in [-0.25, -0.2) is 4.79 Å². The molecular weight excluding hydrogens is 472 g/mol. The van der Waals surface area contributed by atoms with Crippen molar-refractivity contribution in [3.63, 3.8) is 0 Å². The number of nitrogens with zero attached hydrogens (tertiary/aromatic N) is 3. The molecule has 6 nitrogen and oxygen atoms in total. The number of amides is 2. The Labute approximate surface area is 229 Å². The third-order valence-electron chi connectivity index (χ3n) is 8.97. The van der Waals surface area contributed by atoms with Crippen LogP contribution in [0.4, 0.5) is 10.5 Å². The second-order valence-electron chi connectivity index (χ2n) is 11.6. The van der Waals surface area contributed by atoms with Gasteiger partial charge in [0.05, 0.1) is 18.7 Å². The number of anilines is 1. The standard InChI is InChI=1S/C32H44N4O2/c1-6-24(4)36(23(2)3)17-16-35(31(37)34-29-10-12-30(38-5)13-11-29)22-26-14-15-32(20-28(32)19-26)27-9-7-8-25(18-27)21-33/h7-13,18,23-24,26,28H,6,14-17,19-20,22H2,1-5H3,(H,34,37). The summed E-state index contributed by atoms with van der Waals surface area (Å²) in [5.74, 6) is 1.91. The maximum atomic E-state index is 13.5. The zero-order chi connectivity index (χ0) is 27.3. The third-order valence-corrected chi connectivity index (χ3v) is 8.97. The number of nitrogens with one attached hydrogen (secondary N) is 1. The van der Waals surface area contributed by atoms with Gasteiger partial charge in [-0.05, 0) is 112 Å². The summed E-state index contributed by atoms with van der Waals surface area (Å²) in [5.41, 5.74) is 3.10. The Kier molecular flexibility index (Phi) is 8.99. The Bertz CT molecular complexity index is 1130. The van der Waals surface area contributed by atoms with Crippen LogP contribution in [0.5, 0.6) is 5.75 Å². The second-order valence-corrected chi connectivity index (χ2v) is 11.6. The number of nitriles is 1. The van der Waals surface area contributed by atoms with Gasteiger partial charge in [0.2, 0.25) is 0 Å². The lowest BCUT2D eigenvalue weighted by Crippen LogP contribution is -2.47. The summed E-state index contributed by atoms with van der Waals surface area (Å²) < 4.78 is 5.26. The van der Waals surface area contributed by atoms with Gasteiger partial charge in [0.25, 0.3) is 0 Å². The zero-order valence-corrected chi connectivity index (χ0v) is 23.7. The van der Waals surface area contributed by atoms with Crippen LogP contribution in [0.25, 0.3) is 0 Å². The first-order valence-electron chi connectivity index (χ1n) is 14.3. The molecule has 2 saturated carbocycles. The van der Waals surface area contributed by atoms with E-state index in [2.05, 4.69) is 56.1 Å². The summed E-state index contributed by atoms with van der Waals surface area (Å²) in [6, 6.07) is 18.9. The highest BCUT2D eigenvalue weighted by atomic mass is 16.5. The SMILES string of the molecule is CCC(C)N(CCN(CC1CCC2(c3cccc(C#N)c3)CC2C1)C(=O)Nc1ccc(OC)cc1)C(C)C. The quantitative estimate of drug-likeness (QED) is 0.362. The average molecular weight is 517 g/mol. The lowest BCUT2D eigenvalue weighted by atomic mass is 9.77. The summed E-state index contributed by atoms with van der Waals surface area (Å²) in [6.07, 6.45) is 5.68. The number of rotatable bonds is 11. The molecule has 6 heteroatoms. The minimum atomic E-state index is -0.0302. The van der Waals surface area contributed by atoms with Gasteiger partial charge in [-0.1, -0.05) is 19.1 Å². The number of carbonyl (C=O) groups excluding carboxylic acids is 1. The van der Waals surface area contributed by atoms with Gasteiger partial charge >= 0.3 is 6.03 Å². The lowest BCUT2D eigenvalue weighted by molar-refractivity contribution is 0.129. The number of ether oxygens (including phenoxy) is 1. The molecule has 4 unspecified atom stereocenters. The van der Waals surface area contributed by atoms with E-state index in [0.29, 0.717) is 30.5 Å². The third kappa shape index (κ3) is 6.32. The monoisotopic (exact) mass is 516 g/mol. The van der Waals surface area contributed by atoms with E-state index in [1.165, 1.54) is 12.0 Å². The number of hydrogen-bond acceptors (Lipinski definition) is 4. The van der Waals surface area contributed by atoms with Crippen molar-refractivity contribution in [3.8, 4) is 11.8 Å². The molecule has 2 aromatic rings. The summed E-state index contributed by atoms with van der Waals surface area (Å²) in [5, 5.41) is 12.5.